The summed E-state index contributed by atoms with van der Waals surface area (Å²) in [6.07, 6.45) is 2.24. The molecule has 2 aromatic carbocycles. The van der Waals surface area contributed by atoms with Gasteiger partial charge in [-0.25, -0.2) is 4.39 Å². The maximum Gasteiger partial charge on any atom is 0.123 e. The second kappa shape index (κ2) is 9.55. The minimum atomic E-state index is -0.176. The standard InChI is InChI=1S/C25H32FN3O2/c26-22-2-4-23(5-3-22)28-11-9-27(10-12-28)18-20-1-6-25-21(17-20)19-29(13-16-31-25)24-7-14-30-15-8-24/h1-6,17,24H,7-16,18-19H2. The molecule has 0 unspecified atom stereocenters. The molecule has 5 nitrogen and oxygen atoms in total. The van der Waals surface area contributed by atoms with Crippen LogP contribution in [0.1, 0.15) is 24.0 Å². The van der Waals surface area contributed by atoms with Gasteiger partial charge in [0.25, 0.3) is 0 Å². The van der Waals surface area contributed by atoms with Crippen molar-refractivity contribution in [2.75, 3.05) is 57.4 Å². The van der Waals surface area contributed by atoms with Gasteiger partial charge in [-0.05, 0) is 54.8 Å². The van der Waals surface area contributed by atoms with Gasteiger partial charge in [0, 0.05) is 76.3 Å². The van der Waals surface area contributed by atoms with Gasteiger partial charge in [0.05, 0.1) is 0 Å². The summed E-state index contributed by atoms with van der Waals surface area (Å²) in [5, 5.41) is 0. The summed E-state index contributed by atoms with van der Waals surface area (Å²) in [6.45, 7) is 9.38. The van der Waals surface area contributed by atoms with E-state index >= 15 is 0 Å². The van der Waals surface area contributed by atoms with Crippen molar-refractivity contribution in [3.8, 4) is 5.75 Å². The van der Waals surface area contributed by atoms with E-state index in [4.69, 9.17) is 9.47 Å². The number of hydrogen-bond acceptors (Lipinski definition) is 5. The van der Waals surface area contributed by atoms with Crippen LogP contribution in [0.4, 0.5) is 10.1 Å². The first-order chi connectivity index (χ1) is 15.2. The monoisotopic (exact) mass is 425 g/mol. The van der Waals surface area contributed by atoms with Crippen LogP contribution in [0.25, 0.3) is 0 Å². The third-order valence-electron chi connectivity index (χ3n) is 6.81. The highest BCUT2D eigenvalue weighted by atomic mass is 19.1. The lowest BCUT2D eigenvalue weighted by atomic mass is 10.0. The lowest BCUT2D eigenvalue weighted by Gasteiger charge is -2.36. The lowest BCUT2D eigenvalue weighted by Crippen LogP contribution is -2.46. The van der Waals surface area contributed by atoms with Crippen LogP contribution in [0.3, 0.4) is 0 Å². The largest absolute Gasteiger partial charge is 0.492 e. The molecule has 2 fully saturated rings. The fourth-order valence-corrected chi connectivity index (χ4v) is 5.00. The van der Waals surface area contributed by atoms with E-state index in [9.17, 15) is 4.39 Å². The molecular formula is C25H32FN3O2. The molecule has 6 heteroatoms. The van der Waals surface area contributed by atoms with Crippen LogP contribution in [0.15, 0.2) is 42.5 Å². The SMILES string of the molecule is Fc1ccc(N2CCN(Cc3ccc4c(c3)CN(C3CCOCC3)CCO4)CC2)cc1. The molecule has 0 aromatic heterocycles. The van der Waals surface area contributed by atoms with Crippen LogP contribution < -0.4 is 9.64 Å². The molecular weight excluding hydrogens is 393 g/mol. The van der Waals surface area contributed by atoms with Crippen molar-refractivity contribution < 1.29 is 13.9 Å². The van der Waals surface area contributed by atoms with Crippen LogP contribution in [-0.4, -0.2) is 68.4 Å². The van der Waals surface area contributed by atoms with Crippen molar-refractivity contribution >= 4 is 5.69 Å². The molecule has 2 saturated heterocycles. The molecule has 0 amide bonds. The Balaban J connectivity index is 1.20. The lowest BCUT2D eigenvalue weighted by molar-refractivity contribution is 0.0294. The first-order valence-electron chi connectivity index (χ1n) is 11.5. The Hall–Kier alpha value is -2.15. The molecule has 0 atom stereocenters. The van der Waals surface area contributed by atoms with E-state index in [0.717, 1.165) is 89.9 Å². The van der Waals surface area contributed by atoms with Crippen molar-refractivity contribution in [2.45, 2.75) is 32.0 Å². The number of benzene rings is 2. The highest BCUT2D eigenvalue weighted by molar-refractivity contribution is 5.46. The van der Waals surface area contributed by atoms with E-state index in [-0.39, 0.29) is 5.82 Å². The van der Waals surface area contributed by atoms with E-state index in [1.165, 1.54) is 11.1 Å². The van der Waals surface area contributed by atoms with Crippen molar-refractivity contribution in [2.24, 2.45) is 0 Å². The van der Waals surface area contributed by atoms with Crippen molar-refractivity contribution in [1.29, 1.82) is 0 Å². The van der Waals surface area contributed by atoms with E-state index in [1.807, 2.05) is 12.1 Å². The second-order valence-electron chi connectivity index (χ2n) is 8.84. The fraction of sp³-hybridized carbons (Fsp3) is 0.520. The van der Waals surface area contributed by atoms with Gasteiger partial charge in [0.1, 0.15) is 18.2 Å². The Morgan fingerprint density at radius 2 is 1.65 bits per heavy atom. The number of ether oxygens (including phenoxy) is 2. The highest BCUT2D eigenvalue weighted by Gasteiger charge is 2.25. The van der Waals surface area contributed by atoms with Crippen LogP contribution in [0.5, 0.6) is 5.75 Å². The predicted molar refractivity (Wildman–Crippen MR) is 120 cm³/mol. The molecule has 0 N–H and O–H groups in total. The molecule has 166 valence electrons. The summed E-state index contributed by atoms with van der Waals surface area (Å²) >= 11 is 0. The molecule has 31 heavy (non-hydrogen) atoms. The molecule has 0 bridgehead atoms. The Morgan fingerprint density at radius 1 is 0.871 bits per heavy atom. The zero-order chi connectivity index (χ0) is 21.0. The van der Waals surface area contributed by atoms with Gasteiger partial charge in [0.15, 0.2) is 0 Å². The molecule has 0 spiro atoms. The van der Waals surface area contributed by atoms with Gasteiger partial charge < -0.3 is 14.4 Å². The van der Waals surface area contributed by atoms with Crippen LogP contribution in [0.2, 0.25) is 0 Å². The van der Waals surface area contributed by atoms with E-state index in [2.05, 4.69) is 32.9 Å². The predicted octanol–water partition coefficient (Wildman–Crippen LogP) is 3.52. The Morgan fingerprint density at radius 3 is 2.42 bits per heavy atom. The zero-order valence-electron chi connectivity index (χ0n) is 18.1. The second-order valence-corrected chi connectivity index (χ2v) is 8.84. The Bertz CT molecular complexity index is 862. The smallest absolute Gasteiger partial charge is 0.123 e. The normalized spacial score (nSPS) is 21.4. The Labute approximate surface area is 184 Å². The summed E-state index contributed by atoms with van der Waals surface area (Å²) in [5.41, 5.74) is 3.77. The average molecular weight is 426 g/mol. The number of anilines is 1. The molecule has 0 saturated carbocycles. The van der Waals surface area contributed by atoms with Crippen molar-refractivity contribution in [3.05, 3.63) is 59.4 Å². The average Bonchev–Trinajstić information content (AvgIpc) is 3.03. The number of fused-ring (bicyclic) bond motifs is 1. The Kier molecular flexibility index (Phi) is 6.39. The van der Waals surface area contributed by atoms with Gasteiger partial charge in [-0.1, -0.05) is 6.07 Å². The number of rotatable bonds is 4. The maximum absolute atomic E-state index is 13.2. The molecule has 2 aromatic rings. The quantitative estimate of drug-likeness (QED) is 0.748. The molecule has 0 aliphatic carbocycles. The third-order valence-corrected chi connectivity index (χ3v) is 6.81. The van der Waals surface area contributed by atoms with E-state index in [1.54, 1.807) is 12.1 Å². The van der Waals surface area contributed by atoms with Gasteiger partial charge in [-0.15, -0.1) is 0 Å². The molecule has 5 rings (SSSR count). The molecule has 0 radical (unpaired) electrons. The van der Waals surface area contributed by atoms with Crippen molar-refractivity contribution in [1.82, 2.24) is 9.80 Å². The first-order valence-corrected chi connectivity index (χ1v) is 11.5. The fourth-order valence-electron chi connectivity index (χ4n) is 5.00. The number of nitrogens with zero attached hydrogens (tertiary/aromatic N) is 3. The summed E-state index contributed by atoms with van der Waals surface area (Å²) in [7, 11) is 0. The van der Waals surface area contributed by atoms with E-state index in [0.29, 0.717) is 6.04 Å². The number of halogens is 1. The van der Waals surface area contributed by atoms with Gasteiger partial charge in [0.2, 0.25) is 0 Å². The van der Waals surface area contributed by atoms with Crippen molar-refractivity contribution in [3.63, 3.8) is 0 Å². The summed E-state index contributed by atoms with van der Waals surface area (Å²) < 4.78 is 24.8. The third kappa shape index (κ3) is 5.03. The number of hydrogen-bond donors (Lipinski definition) is 0. The minimum absolute atomic E-state index is 0.176. The van der Waals surface area contributed by atoms with Gasteiger partial charge in [-0.3, -0.25) is 9.80 Å². The topological polar surface area (TPSA) is 28.2 Å². The summed E-state index contributed by atoms with van der Waals surface area (Å²) in [5.74, 6) is 0.865. The van der Waals surface area contributed by atoms with E-state index < -0.39 is 0 Å². The highest BCUT2D eigenvalue weighted by Crippen LogP contribution is 2.28. The minimum Gasteiger partial charge on any atom is -0.492 e. The molecule has 3 aliphatic heterocycles. The van der Waals surface area contributed by atoms with Gasteiger partial charge >= 0.3 is 0 Å². The first kappa shape index (κ1) is 20.7. The summed E-state index contributed by atoms with van der Waals surface area (Å²) in [6, 6.07) is 14.2. The summed E-state index contributed by atoms with van der Waals surface area (Å²) in [4.78, 5) is 7.43. The molecule has 3 aliphatic rings. The van der Waals surface area contributed by atoms with Crippen LogP contribution in [0, 0.1) is 5.82 Å². The van der Waals surface area contributed by atoms with Crippen LogP contribution >= 0.6 is 0 Å². The maximum atomic E-state index is 13.2. The van der Waals surface area contributed by atoms with Gasteiger partial charge in [-0.2, -0.15) is 0 Å². The zero-order valence-corrected chi connectivity index (χ0v) is 18.1. The van der Waals surface area contributed by atoms with Crippen LogP contribution in [-0.2, 0) is 17.8 Å². The molecule has 3 heterocycles. The number of piperazine rings is 1.